The number of anilines is 6. The van der Waals surface area contributed by atoms with Crippen LogP contribution >= 0.6 is 0 Å². The van der Waals surface area contributed by atoms with Crippen LogP contribution in [0.1, 0.15) is 44.5 Å². The summed E-state index contributed by atoms with van der Waals surface area (Å²) < 4.78 is 0. The quantitative estimate of drug-likeness (QED) is 0.0703. The summed E-state index contributed by atoms with van der Waals surface area (Å²) in [6.07, 6.45) is 0. The average Bonchev–Trinajstić information content (AvgIpc) is 0.981. The second-order valence-electron chi connectivity index (χ2n) is 23.1. The molecule has 0 saturated carbocycles. The number of hydrogen-bond donors (Lipinski definition) is 0. The summed E-state index contributed by atoms with van der Waals surface area (Å²) in [5.74, 6) is 0. The van der Waals surface area contributed by atoms with Crippen LogP contribution in [-0.4, -0.2) is 0 Å². The predicted molar refractivity (Wildman–Crippen MR) is 378 cm³/mol. The molecule has 0 aliphatic rings. The van der Waals surface area contributed by atoms with E-state index >= 15 is 0 Å². The molecular weight excluding hydrogens is 1080 g/mol. The lowest BCUT2D eigenvalue weighted by molar-refractivity contribution is 0.745. The smallest absolute Gasteiger partial charge is 0.0701 e. The Labute approximate surface area is 528 Å². The first-order valence-electron chi connectivity index (χ1n) is 31.1. The molecule has 426 valence electrons. The third kappa shape index (κ3) is 9.82. The molecule has 0 aliphatic heterocycles. The van der Waals surface area contributed by atoms with Crippen LogP contribution in [0.5, 0.6) is 0 Å². The Morgan fingerprint density at radius 1 is 0.156 bits per heavy atom. The van der Waals surface area contributed by atoms with Crippen LogP contribution in [0.4, 0.5) is 34.1 Å². The highest BCUT2D eigenvalue weighted by Gasteiger charge is 2.40. The highest BCUT2D eigenvalue weighted by Crippen LogP contribution is 2.52. The molecule has 0 amide bonds. The second kappa shape index (κ2) is 24.3. The molecule has 15 rings (SSSR count). The van der Waals surface area contributed by atoms with Crippen molar-refractivity contribution >= 4 is 55.7 Å². The molecule has 0 heterocycles. The molecule has 0 bridgehead atoms. The van der Waals surface area contributed by atoms with Gasteiger partial charge in [0.05, 0.1) is 10.8 Å². The van der Waals surface area contributed by atoms with Gasteiger partial charge in [-0.15, -0.1) is 0 Å². The summed E-state index contributed by atoms with van der Waals surface area (Å²) in [6.45, 7) is 0. The summed E-state index contributed by atoms with van der Waals surface area (Å²) in [6, 6.07) is 142. The first-order valence-corrected chi connectivity index (χ1v) is 31.1. The maximum absolute atomic E-state index is 2.44. The number of nitrogens with zero attached hydrogens (tertiary/aromatic N) is 2. The first kappa shape index (κ1) is 55.0. The van der Waals surface area contributed by atoms with Gasteiger partial charge in [0.15, 0.2) is 0 Å². The van der Waals surface area contributed by atoms with Crippen LogP contribution in [0.15, 0.2) is 388 Å². The maximum Gasteiger partial charge on any atom is 0.0701 e. The van der Waals surface area contributed by atoms with Crippen LogP contribution in [0.2, 0.25) is 0 Å². The molecule has 90 heavy (non-hydrogen) atoms. The van der Waals surface area contributed by atoms with Crippen LogP contribution in [0.25, 0.3) is 43.8 Å². The Balaban J connectivity index is 1.03. The molecule has 15 aromatic rings. The van der Waals surface area contributed by atoms with Crippen LogP contribution in [0, 0.1) is 0 Å². The molecule has 2 nitrogen and oxygen atoms in total. The van der Waals surface area contributed by atoms with Crippen LogP contribution < -0.4 is 9.80 Å². The van der Waals surface area contributed by atoms with Crippen molar-refractivity contribution in [3.63, 3.8) is 0 Å². The lowest BCUT2D eigenvalue weighted by Gasteiger charge is -2.37. The Kier molecular flexibility index (Phi) is 14.9. The fourth-order valence-electron chi connectivity index (χ4n) is 14.2. The molecule has 0 unspecified atom stereocenters. The topological polar surface area (TPSA) is 6.48 Å². The minimum Gasteiger partial charge on any atom is -0.310 e. The minimum atomic E-state index is -0.617. The van der Waals surface area contributed by atoms with E-state index in [-0.39, 0.29) is 0 Å². The van der Waals surface area contributed by atoms with Crippen molar-refractivity contribution in [3.8, 4) is 22.3 Å². The molecule has 0 atom stereocenters. The van der Waals surface area contributed by atoms with Crippen molar-refractivity contribution in [1.82, 2.24) is 0 Å². The van der Waals surface area contributed by atoms with E-state index in [1.807, 2.05) is 0 Å². The van der Waals surface area contributed by atoms with Crippen molar-refractivity contribution < 1.29 is 0 Å². The van der Waals surface area contributed by atoms with Crippen molar-refractivity contribution in [1.29, 1.82) is 0 Å². The van der Waals surface area contributed by atoms with Gasteiger partial charge in [0.25, 0.3) is 0 Å². The zero-order valence-electron chi connectivity index (χ0n) is 49.8. The Morgan fingerprint density at radius 2 is 0.356 bits per heavy atom. The summed E-state index contributed by atoms with van der Waals surface area (Å²) >= 11 is 0. The third-order valence-electron chi connectivity index (χ3n) is 18.1. The maximum atomic E-state index is 2.44. The van der Waals surface area contributed by atoms with Gasteiger partial charge in [0.2, 0.25) is 0 Å². The van der Waals surface area contributed by atoms with E-state index in [0.29, 0.717) is 0 Å². The van der Waals surface area contributed by atoms with Crippen LogP contribution in [0.3, 0.4) is 0 Å². The molecule has 0 radical (unpaired) electrons. The predicted octanol–water partition coefficient (Wildman–Crippen LogP) is 23.0. The highest BCUT2D eigenvalue weighted by molar-refractivity contribution is 6.22. The first-order chi connectivity index (χ1) is 44.7. The largest absolute Gasteiger partial charge is 0.310 e. The van der Waals surface area contributed by atoms with Crippen molar-refractivity contribution in [3.05, 3.63) is 433 Å². The van der Waals surface area contributed by atoms with Gasteiger partial charge >= 0.3 is 0 Å². The van der Waals surface area contributed by atoms with E-state index in [1.165, 1.54) is 44.5 Å². The van der Waals surface area contributed by atoms with E-state index in [2.05, 4.69) is 398 Å². The number of para-hydroxylation sites is 4. The number of benzene rings is 15. The van der Waals surface area contributed by atoms with E-state index in [9.17, 15) is 0 Å². The lowest BCUT2D eigenvalue weighted by atomic mass is 9.65. The molecule has 2 heteroatoms. The second-order valence-corrected chi connectivity index (χ2v) is 23.1. The van der Waals surface area contributed by atoms with Gasteiger partial charge in [0, 0.05) is 34.1 Å². The average molecular weight is 1150 g/mol. The van der Waals surface area contributed by atoms with E-state index in [1.54, 1.807) is 0 Å². The summed E-state index contributed by atoms with van der Waals surface area (Å²) in [7, 11) is 0. The Bertz CT molecular complexity index is 4270. The summed E-state index contributed by atoms with van der Waals surface area (Å²) in [5, 5.41) is 4.59. The Morgan fingerprint density at radius 3 is 0.578 bits per heavy atom. The number of fused-ring (bicyclic) bond motifs is 2. The fraction of sp³-hybridized carbons (Fsp3) is 0.0227. The van der Waals surface area contributed by atoms with Crippen LogP contribution in [-0.2, 0) is 10.8 Å². The van der Waals surface area contributed by atoms with E-state index in [0.717, 1.165) is 77.9 Å². The molecular formula is C88H64N2. The molecule has 15 aromatic carbocycles. The Hall–Kier alpha value is -11.6. The summed E-state index contributed by atoms with van der Waals surface area (Å²) in [4.78, 5) is 4.77. The molecule has 0 N–H and O–H groups in total. The zero-order chi connectivity index (χ0) is 60.1. The number of hydrogen-bond acceptors (Lipinski definition) is 2. The van der Waals surface area contributed by atoms with Crippen molar-refractivity contribution in [2.24, 2.45) is 0 Å². The van der Waals surface area contributed by atoms with Gasteiger partial charge in [0.1, 0.15) is 0 Å². The van der Waals surface area contributed by atoms with Gasteiger partial charge in [-0.1, -0.05) is 315 Å². The molecule has 0 aromatic heterocycles. The van der Waals surface area contributed by atoms with Gasteiger partial charge in [-0.2, -0.15) is 0 Å². The van der Waals surface area contributed by atoms with Gasteiger partial charge in [-0.3, -0.25) is 0 Å². The highest BCUT2D eigenvalue weighted by atomic mass is 15.1. The van der Waals surface area contributed by atoms with Crippen molar-refractivity contribution in [2.75, 3.05) is 9.80 Å². The normalized spacial score (nSPS) is 11.6. The molecule has 0 saturated heterocycles. The zero-order valence-corrected chi connectivity index (χ0v) is 49.8. The van der Waals surface area contributed by atoms with Gasteiger partial charge in [-0.25, -0.2) is 0 Å². The van der Waals surface area contributed by atoms with Gasteiger partial charge < -0.3 is 9.80 Å². The molecule has 0 aliphatic carbocycles. The SMILES string of the molecule is c1ccc(N(c2ccccc2)c2ccc3c(-c4ccc(C(c5ccccc5)(c5ccccc5)c5ccccc5)cc4)c4cc(N(c5ccccc5)c5ccccc5)ccc4c(-c4ccc(C(c5ccccc5)(c5ccccc5)c5ccccc5)cc4)c3c2)cc1. The minimum absolute atomic E-state index is 0.617. The van der Waals surface area contributed by atoms with E-state index < -0.39 is 10.8 Å². The van der Waals surface area contributed by atoms with E-state index in [4.69, 9.17) is 0 Å². The molecule has 0 fully saturated rings. The summed E-state index contributed by atoms with van der Waals surface area (Å²) in [5.41, 5.74) is 19.4. The third-order valence-corrected chi connectivity index (χ3v) is 18.1. The van der Waals surface area contributed by atoms with Crippen molar-refractivity contribution in [2.45, 2.75) is 10.8 Å². The fourth-order valence-corrected chi connectivity index (χ4v) is 14.2. The molecule has 0 spiro atoms. The van der Waals surface area contributed by atoms with Gasteiger partial charge in [-0.05, 0) is 161 Å². The number of rotatable bonds is 16. The lowest BCUT2D eigenvalue weighted by Crippen LogP contribution is -2.30. The standard InChI is InChI=1S/C88H64N2/c1-11-31-67(32-12-1)87(68-33-13-2-14-34-68,69-35-15-3-16-36-69)73-55-51-65(52-56-73)85-81-61-59-80(90(77-47-27-9-28-48-77)78-49-29-10-30-50-78)64-84(81)86(82-62-60-79(63-83(82)85)89(75-43-23-7-24-44-75)76-45-25-8-26-46-76)66-53-57-74(58-54-66)88(70-37-17-4-18-38-70,71-39-19-5-20-40-71)72-41-21-6-22-42-72/h1-64H. The monoisotopic (exact) mass is 1150 g/mol.